The van der Waals surface area contributed by atoms with Gasteiger partial charge in [-0.1, -0.05) is 0 Å². The average Bonchev–Trinajstić information content (AvgIpc) is 2.74. The topological polar surface area (TPSA) is 42.4 Å². The summed E-state index contributed by atoms with van der Waals surface area (Å²) in [5, 5.41) is 12.7. The van der Waals surface area contributed by atoms with Gasteiger partial charge in [-0.3, -0.25) is 0 Å². The van der Waals surface area contributed by atoms with Crippen molar-refractivity contribution in [2.75, 3.05) is 7.11 Å². The van der Waals surface area contributed by atoms with Crippen LogP contribution in [0.5, 0.6) is 0 Å². The molecule has 0 unspecified atom stereocenters. The van der Waals surface area contributed by atoms with Crippen LogP contribution in [-0.2, 0) is 17.8 Å². The van der Waals surface area contributed by atoms with Crippen molar-refractivity contribution in [1.82, 2.24) is 4.98 Å². The van der Waals surface area contributed by atoms with Crippen LogP contribution in [0, 0.1) is 0 Å². The molecule has 14 heavy (non-hydrogen) atoms. The molecule has 3 nitrogen and oxygen atoms in total. The zero-order valence-electron chi connectivity index (χ0n) is 8.32. The van der Waals surface area contributed by atoms with Gasteiger partial charge < -0.3 is 9.84 Å². The molecular formula is C10H15NO2S. The molecule has 2 rings (SSSR count). The van der Waals surface area contributed by atoms with Crippen LogP contribution in [-0.4, -0.2) is 22.8 Å². The summed E-state index contributed by atoms with van der Waals surface area (Å²) in [6.07, 6.45) is 3.66. The van der Waals surface area contributed by atoms with E-state index in [1.54, 1.807) is 18.4 Å². The molecule has 4 heteroatoms. The third kappa shape index (κ3) is 2.53. The van der Waals surface area contributed by atoms with Crippen molar-refractivity contribution in [3.8, 4) is 0 Å². The number of hydrogen-bond acceptors (Lipinski definition) is 4. The fourth-order valence-electron chi connectivity index (χ4n) is 1.41. The fourth-order valence-corrected chi connectivity index (χ4v) is 2.21. The van der Waals surface area contributed by atoms with Crippen LogP contribution < -0.4 is 0 Å². The Hall–Kier alpha value is -0.450. The molecule has 1 aromatic rings. The normalized spacial score (nSPS) is 18.4. The second-order valence-corrected chi connectivity index (χ2v) is 4.83. The van der Waals surface area contributed by atoms with Gasteiger partial charge in [-0.2, -0.15) is 0 Å². The third-order valence-corrected chi connectivity index (χ3v) is 3.41. The van der Waals surface area contributed by atoms with Gasteiger partial charge >= 0.3 is 0 Å². The highest BCUT2D eigenvalue weighted by Crippen LogP contribution is 2.39. The van der Waals surface area contributed by atoms with Crippen molar-refractivity contribution in [1.29, 1.82) is 0 Å². The summed E-state index contributed by atoms with van der Waals surface area (Å²) < 4.78 is 5.00. The number of thiazole rings is 1. The Bertz CT molecular complexity index is 307. The van der Waals surface area contributed by atoms with Crippen molar-refractivity contribution in [2.45, 2.75) is 37.9 Å². The van der Waals surface area contributed by atoms with Crippen LogP contribution in [0.25, 0.3) is 0 Å². The van der Waals surface area contributed by atoms with E-state index in [4.69, 9.17) is 4.74 Å². The van der Waals surface area contributed by atoms with E-state index in [1.807, 2.05) is 0 Å². The van der Waals surface area contributed by atoms with Crippen LogP contribution in [0.2, 0.25) is 0 Å². The lowest BCUT2D eigenvalue weighted by Gasteiger charge is -2.03. The predicted molar refractivity (Wildman–Crippen MR) is 55.3 cm³/mol. The molecule has 0 aliphatic heterocycles. The molecule has 1 saturated carbocycles. The molecule has 1 aromatic heterocycles. The molecule has 1 heterocycles. The molecule has 0 saturated heterocycles. The lowest BCUT2D eigenvalue weighted by atomic mass is 10.1. The number of methoxy groups -OCH3 is 1. The Balaban J connectivity index is 1.83. The van der Waals surface area contributed by atoms with E-state index in [1.165, 1.54) is 0 Å². The molecule has 0 bridgehead atoms. The number of rotatable bonds is 5. The van der Waals surface area contributed by atoms with Crippen molar-refractivity contribution in [3.63, 3.8) is 0 Å². The van der Waals surface area contributed by atoms with Gasteiger partial charge in [0.05, 0.1) is 17.9 Å². The standard InChI is InChI=1S/C10H15NO2S/c1-13-6-9-11-8(7-14-9)2-3-10(12)4-5-10/h7,12H,2-6H2,1H3. The van der Waals surface area contributed by atoms with Gasteiger partial charge in [0, 0.05) is 12.5 Å². The summed E-state index contributed by atoms with van der Waals surface area (Å²) in [5.74, 6) is 0. The van der Waals surface area contributed by atoms with Crippen LogP contribution >= 0.6 is 11.3 Å². The summed E-state index contributed by atoms with van der Waals surface area (Å²) >= 11 is 1.63. The highest BCUT2D eigenvalue weighted by atomic mass is 32.1. The predicted octanol–water partition coefficient (Wildman–Crippen LogP) is 1.75. The van der Waals surface area contributed by atoms with Gasteiger partial charge in [0.25, 0.3) is 0 Å². The largest absolute Gasteiger partial charge is 0.390 e. The molecular weight excluding hydrogens is 198 g/mol. The lowest BCUT2D eigenvalue weighted by molar-refractivity contribution is 0.140. The minimum atomic E-state index is -0.356. The van der Waals surface area contributed by atoms with Crippen molar-refractivity contribution >= 4 is 11.3 Å². The summed E-state index contributed by atoms with van der Waals surface area (Å²) in [6.45, 7) is 0.592. The second-order valence-electron chi connectivity index (χ2n) is 3.89. The molecule has 0 aromatic carbocycles. The Morgan fingerprint density at radius 3 is 3.07 bits per heavy atom. The first-order valence-corrected chi connectivity index (χ1v) is 5.74. The van der Waals surface area contributed by atoms with Crippen molar-refractivity contribution in [3.05, 3.63) is 16.1 Å². The van der Waals surface area contributed by atoms with Gasteiger partial charge in [-0.25, -0.2) is 4.98 Å². The van der Waals surface area contributed by atoms with Crippen molar-refractivity contribution < 1.29 is 9.84 Å². The Morgan fingerprint density at radius 2 is 2.43 bits per heavy atom. The number of aryl methyl sites for hydroxylation is 1. The van der Waals surface area contributed by atoms with E-state index >= 15 is 0 Å². The molecule has 1 N–H and O–H groups in total. The van der Waals surface area contributed by atoms with Crippen LogP contribution in [0.15, 0.2) is 5.38 Å². The minimum Gasteiger partial charge on any atom is -0.390 e. The monoisotopic (exact) mass is 213 g/mol. The highest BCUT2D eigenvalue weighted by Gasteiger charge is 2.39. The number of aromatic nitrogens is 1. The lowest BCUT2D eigenvalue weighted by Crippen LogP contribution is -2.07. The summed E-state index contributed by atoms with van der Waals surface area (Å²) in [6, 6.07) is 0. The third-order valence-electron chi connectivity index (χ3n) is 2.54. The van der Waals surface area contributed by atoms with Gasteiger partial charge in [0.2, 0.25) is 0 Å². The zero-order valence-corrected chi connectivity index (χ0v) is 9.14. The Kier molecular flexibility index (Phi) is 2.85. The molecule has 0 atom stereocenters. The van der Waals surface area contributed by atoms with E-state index in [0.29, 0.717) is 6.61 Å². The first-order valence-electron chi connectivity index (χ1n) is 4.86. The molecule has 78 valence electrons. The van der Waals surface area contributed by atoms with Gasteiger partial charge in [0.15, 0.2) is 0 Å². The Labute approximate surface area is 87.7 Å². The summed E-state index contributed by atoms with van der Waals surface area (Å²) in [7, 11) is 1.67. The van der Waals surface area contributed by atoms with E-state index in [-0.39, 0.29) is 5.60 Å². The Morgan fingerprint density at radius 1 is 1.64 bits per heavy atom. The number of nitrogens with zero attached hydrogens (tertiary/aromatic N) is 1. The maximum Gasteiger partial charge on any atom is 0.119 e. The van der Waals surface area contributed by atoms with E-state index in [9.17, 15) is 5.11 Å². The molecule has 0 spiro atoms. The van der Waals surface area contributed by atoms with Gasteiger partial charge in [0.1, 0.15) is 5.01 Å². The van der Waals surface area contributed by atoms with Crippen LogP contribution in [0.3, 0.4) is 0 Å². The number of hydrogen-bond donors (Lipinski definition) is 1. The summed E-state index contributed by atoms with van der Waals surface area (Å²) in [5.41, 5.74) is 0.729. The van der Waals surface area contributed by atoms with Crippen LogP contribution in [0.1, 0.15) is 30.0 Å². The average molecular weight is 213 g/mol. The first-order chi connectivity index (χ1) is 6.72. The van der Waals surface area contributed by atoms with E-state index < -0.39 is 0 Å². The van der Waals surface area contributed by atoms with E-state index in [0.717, 1.165) is 36.4 Å². The molecule has 0 amide bonds. The summed E-state index contributed by atoms with van der Waals surface area (Å²) in [4.78, 5) is 4.41. The highest BCUT2D eigenvalue weighted by molar-refractivity contribution is 7.09. The zero-order chi connectivity index (χ0) is 10.0. The smallest absolute Gasteiger partial charge is 0.119 e. The number of aliphatic hydroxyl groups is 1. The second kappa shape index (κ2) is 3.96. The van der Waals surface area contributed by atoms with Gasteiger partial charge in [-0.15, -0.1) is 11.3 Å². The molecule has 1 aliphatic carbocycles. The first kappa shape index (κ1) is 10.1. The fraction of sp³-hybridized carbons (Fsp3) is 0.700. The molecule has 1 fully saturated rings. The van der Waals surface area contributed by atoms with Crippen molar-refractivity contribution in [2.24, 2.45) is 0 Å². The maximum absolute atomic E-state index is 9.65. The van der Waals surface area contributed by atoms with Crippen LogP contribution in [0.4, 0.5) is 0 Å². The molecule has 1 aliphatic rings. The molecule has 0 radical (unpaired) electrons. The maximum atomic E-state index is 9.65. The minimum absolute atomic E-state index is 0.356. The SMILES string of the molecule is COCc1nc(CCC2(O)CC2)cs1. The quantitative estimate of drug-likeness (QED) is 0.810. The van der Waals surface area contributed by atoms with Gasteiger partial charge in [-0.05, 0) is 25.7 Å². The van der Waals surface area contributed by atoms with E-state index in [2.05, 4.69) is 10.4 Å². The number of ether oxygens (including phenoxy) is 1.